The van der Waals surface area contributed by atoms with Crippen LogP contribution in [-0.2, 0) is 9.53 Å². The number of carbonyl (C=O) groups is 2. The van der Waals surface area contributed by atoms with E-state index >= 15 is 0 Å². The van der Waals surface area contributed by atoms with Gasteiger partial charge in [0.15, 0.2) is 5.13 Å². The van der Waals surface area contributed by atoms with Gasteiger partial charge in [0.1, 0.15) is 5.69 Å². The topological polar surface area (TPSA) is 121 Å². The fourth-order valence-electron chi connectivity index (χ4n) is 0.898. The van der Waals surface area contributed by atoms with Crippen LogP contribution in [0, 0.1) is 0 Å². The Morgan fingerprint density at radius 3 is 2.88 bits per heavy atom. The van der Waals surface area contributed by atoms with Crippen LogP contribution in [0.5, 0.6) is 0 Å². The van der Waals surface area contributed by atoms with Gasteiger partial charge in [-0.1, -0.05) is 5.16 Å². The number of anilines is 1. The van der Waals surface area contributed by atoms with E-state index in [2.05, 4.69) is 20.2 Å². The largest absolute Gasteiger partial charge is 0.476 e. The predicted molar refractivity (Wildman–Crippen MR) is 58.7 cm³/mol. The number of thiazole rings is 1. The Morgan fingerprint density at radius 1 is 1.65 bits per heavy atom. The molecule has 0 aromatic carbocycles. The highest BCUT2D eigenvalue weighted by molar-refractivity contribution is 7.14. The maximum absolute atomic E-state index is 11.0. The second-order valence-corrected chi connectivity index (χ2v) is 3.50. The highest BCUT2D eigenvalue weighted by Crippen LogP contribution is 2.16. The molecule has 8 nitrogen and oxygen atoms in total. The van der Waals surface area contributed by atoms with Gasteiger partial charge >= 0.3 is 12.1 Å². The minimum Gasteiger partial charge on any atom is -0.476 e. The first-order valence-corrected chi connectivity index (χ1v) is 5.31. The number of amides is 1. The molecule has 1 heterocycles. The van der Waals surface area contributed by atoms with Crippen LogP contribution >= 0.6 is 11.3 Å². The second-order valence-electron chi connectivity index (χ2n) is 2.64. The SMILES string of the molecule is CCOC(=O)Nc1nc(C(=NO)C(=O)O)cs1. The van der Waals surface area contributed by atoms with E-state index < -0.39 is 17.8 Å². The molecule has 0 aliphatic rings. The number of hydrogen-bond acceptors (Lipinski definition) is 7. The molecule has 0 aliphatic heterocycles. The van der Waals surface area contributed by atoms with Gasteiger partial charge in [-0.3, -0.25) is 5.32 Å². The summed E-state index contributed by atoms with van der Waals surface area (Å²) in [5.74, 6) is -1.42. The van der Waals surface area contributed by atoms with Crippen molar-refractivity contribution in [1.82, 2.24) is 4.98 Å². The first-order valence-electron chi connectivity index (χ1n) is 4.43. The van der Waals surface area contributed by atoms with E-state index in [1.165, 1.54) is 5.38 Å². The average molecular weight is 259 g/mol. The lowest BCUT2D eigenvalue weighted by Crippen LogP contribution is -2.16. The van der Waals surface area contributed by atoms with Crippen LogP contribution in [0.4, 0.5) is 9.93 Å². The number of carboxylic acid groups (broad SMARTS) is 1. The Morgan fingerprint density at radius 2 is 2.35 bits per heavy atom. The summed E-state index contributed by atoms with van der Waals surface area (Å²) < 4.78 is 4.61. The third-order valence-electron chi connectivity index (χ3n) is 1.53. The molecule has 0 saturated carbocycles. The van der Waals surface area contributed by atoms with Gasteiger partial charge in [-0.15, -0.1) is 11.3 Å². The quantitative estimate of drug-likeness (QED) is 0.421. The minimum atomic E-state index is -1.42. The molecule has 0 saturated heterocycles. The van der Waals surface area contributed by atoms with Crippen molar-refractivity contribution in [2.24, 2.45) is 5.16 Å². The first-order chi connectivity index (χ1) is 8.08. The summed E-state index contributed by atoms with van der Waals surface area (Å²) in [7, 11) is 0. The normalized spacial score (nSPS) is 11.0. The summed E-state index contributed by atoms with van der Waals surface area (Å²) in [4.78, 5) is 25.4. The zero-order valence-electron chi connectivity index (χ0n) is 8.71. The molecule has 0 radical (unpaired) electrons. The highest BCUT2D eigenvalue weighted by Gasteiger charge is 2.17. The number of oxime groups is 1. The van der Waals surface area contributed by atoms with Crippen LogP contribution in [0.3, 0.4) is 0 Å². The number of carbonyl (C=O) groups excluding carboxylic acids is 1. The van der Waals surface area contributed by atoms with Crippen LogP contribution in [0.2, 0.25) is 0 Å². The molecule has 0 unspecified atom stereocenters. The minimum absolute atomic E-state index is 0.0446. The molecule has 9 heteroatoms. The van der Waals surface area contributed by atoms with E-state index in [9.17, 15) is 9.59 Å². The zero-order chi connectivity index (χ0) is 12.8. The van der Waals surface area contributed by atoms with E-state index in [1.807, 2.05) is 0 Å². The van der Waals surface area contributed by atoms with Crippen molar-refractivity contribution in [3.8, 4) is 0 Å². The molecule has 17 heavy (non-hydrogen) atoms. The zero-order valence-corrected chi connectivity index (χ0v) is 9.52. The smallest absolute Gasteiger partial charge is 0.413 e. The van der Waals surface area contributed by atoms with Gasteiger partial charge in [0.2, 0.25) is 5.71 Å². The van der Waals surface area contributed by atoms with Crippen molar-refractivity contribution < 1.29 is 24.6 Å². The molecular weight excluding hydrogens is 250 g/mol. The highest BCUT2D eigenvalue weighted by atomic mass is 32.1. The summed E-state index contributed by atoms with van der Waals surface area (Å²) >= 11 is 0.987. The lowest BCUT2D eigenvalue weighted by molar-refractivity contribution is -0.129. The van der Waals surface area contributed by atoms with E-state index in [0.29, 0.717) is 0 Å². The Labute approximate surface area is 99.5 Å². The summed E-state index contributed by atoms with van der Waals surface area (Å²) in [6, 6.07) is 0. The van der Waals surface area contributed by atoms with Crippen molar-refractivity contribution in [3.63, 3.8) is 0 Å². The molecule has 0 bridgehead atoms. The summed E-state index contributed by atoms with van der Waals surface area (Å²) in [5, 5.41) is 23.5. The number of aromatic nitrogens is 1. The monoisotopic (exact) mass is 259 g/mol. The molecule has 1 amide bonds. The Hall–Kier alpha value is -2.16. The second kappa shape index (κ2) is 5.80. The Bertz CT molecular complexity index is 456. The van der Waals surface area contributed by atoms with Gasteiger partial charge in [-0.2, -0.15) is 0 Å². The fourth-order valence-corrected chi connectivity index (χ4v) is 1.58. The molecule has 0 fully saturated rings. The van der Waals surface area contributed by atoms with E-state index in [1.54, 1.807) is 6.92 Å². The van der Waals surface area contributed by atoms with Gasteiger partial charge in [0, 0.05) is 5.38 Å². The molecule has 3 N–H and O–H groups in total. The maximum atomic E-state index is 11.0. The van der Waals surface area contributed by atoms with Crippen molar-refractivity contribution in [1.29, 1.82) is 0 Å². The third kappa shape index (κ3) is 3.41. The molecule has 1 aromatic rings. The van der Waals surface area contributed by atoms with E-state index in [0.717, 1.165) is 11.3 Å². The third-order valence-corrected chi connectivity index (χ3v) is 2.29. The van der Waals surface area contributed by atoms with E-state index in [4.69, 9.17) is 10.3 Å². The van der Waals surface area contributed by atoms with Crippen LogP contribution in [0.15, 0.2) is 10.5 Å². The van der Waals surface area contributed by atoms with Gasteiger partial charge in [0.25, 0.3) is 0 Å². The Balaban J connectivity index is 2.78. The number of rotatable bonds is 4. The molecule has 0 spiro atoms. The lowest BCUT2D eigenvalue weighted by atomic mass is 10.3. The molecule has 92 valence electrons. The number of aliphatic carboxylic acids is 1. The maximum Gasteiger partial charge on any atom is 0.413 e. The number of carboxylic acids is 1. The average Bonchev–Trinajstić information content (AvgIpc) is 2.67. The molecular formula is C8H9N3O5S. The van der Waals surface area contributed by atoms with Crippen LogP contribution < -0.4 is 5.32 Å². The lowest BCUT2D eigenvalue weighted by Gasteiger charge is -2.00. The predicted octanol–water partition coefficient (Wildman–Crippen LogP) is 0.974. The van der Waals surface area contributed by atoms with Crippen molar-refractivity contribution >= 4 is 34.2 Å². The number of nitrogens with one attached hydrogen (secondary N) is 1. The van der Waals surface area contributed by atoms with Crippen molar-refractivity contribution in [2.75, 3.05) is 11.9 Å². The van der Waals surface area contributed by atoms with Gasteiger partial charge in [-0.25, -0.2) is 14.6 Å². The van der Waals surface area contributed by atoms with Crippen molar-refractivity contribution in [3.05, 3.63) is 11.1 Å². The first kappa shape index (κ1) is 12.9. The van der Waals surface area contributed by atoms with Crippen LogP contribution in [0.25, 0.3) is 0 Å². The van der Waals surface area contributed by atoms with E-state index in [-0.39, 0.29) is 17.4 Å². The molecule has 1 aromatic heterocycles. The summed E-state index contributed by atoms with van der Waals surface area (Å²) in [6.45, 7) is 1.86. The number of nitrogens with zero attached hydrogens (tertiary/aromatic N) is 2. The fraction of sp³-hybridized carbons (Fsp3) is 0.250. The molecule has 0 atom stereocenters. The standard InChI is InChI=1S/C8H9N3O5S/c1-2-16-8(14)10-7-9-4(3-17-7)5(11-15)6(12)13/h3,15H,2H2,1H3,(H,12,13)(H,9,10,14). The van der Waals surface area contributed by atoms with Gasteiger partial charge < -0.3 is 15.1 Å². The van der Waals surface area contributed by atoms with Crippen LogP contribution in [0.1, 0.15) is 12.6 Å². The number of hydrogen-bond donors (Lipinski definition) is 3. The van der Waals surface area contributed by atoms with Crippen molar-refractivity contribution in [2.45, 2.75) is 6.92 Å². The van der Waals surface area contributed by atoms with Gasteiger partial charge in [-0.05, 0) is 6.92 Å². The molecule has 1 rings (SSSR count). The number of ether oxygens (including phenoxy) is 1. The molecule has 0 aliphatic carbocycles. The summed E-state index contributed by atoms with van der Waals surface area (Å²) in [5.41, 5.74) is -0.644. The van der Waals surface area contributed by atoms with Gasteiger partial charge in [0.05, 0.1) is 6.61 Å². The van der Waals surface area contributed by atoms with Crippen LogP contribution in [-0.4, -0.2) is 39.7 Å². The summed E-state index contributed by atoms with van der Waals surface area (Å²) in [6.07, 6.45) is -0.689. The Kier molecular flexibility index (Phi) is 4.40.